The van der Waals surface area contributed by atoms with Gasteiger partial charge in [0.05, 0.1) is 6.20 Å². The number of nitrogens with one attached hydrogen (secondary N) is 2. The Morgan fingerprint density at radius 2 is 2.00 bits per heavy atom. The fraction of sp³-hybridized carbons (Fsp3) is 0.750. The summed E-state index contributed by atoms with van der Waals surface area (Å²) in [5.41, 5.74) is -0.0160. The highest BCUT2D eigenvalue weighted by atomic mass is 16.4. The van der Waals surface area contributed by atoms with E-state index in [1.807, 2.05) is 0 Å². The fourth-order valence-electron chi connectivity index (χ4n) is 1.80. The lowest BCUT2D eigenvalue weighted by atomic mass is 9.94. The molecule has 0 aliphatic carbocycles. The smallest absolute Gasteiger partial charge is 0.216 e. The van der Waals surface area contributed by atoms with Crippen LogP contribution in [0.4, 0.5) is 0 Å². The summed E-state index contributed by atoms with van der Waals surface area (Å²) in [6.45, 7) is 12.8. The molecular weight excluding hydrogens is 264 g/mol. The number of nitrogens with zero attached hydrogens (tertiary/aromatic N) is 2. The second-order valence-electron chi connectivity index (χ2n) is 6.20. The first-order valence-electron chi connectivity index (χ1n) is 7.94. The van der Waals surface area contributed by atoms with Crippen molar-refractivity contribution < 1.29 is 4.42 Å². The van der Waals surface area contributed by atoms with Crippen LogP contribution in [0.1, 0.15) is 65.5 Å². The quantitative estimate of drug-likeness (QED) is 0.460. The summed E-state index contributed by atoms with van der Waals surface area (Å²) < 4.78 is 5.75. The Hall–Kier alpha value is -1.52. The predicted molar refractivity (Wildman–Crippen MR) is 87.5 cm³/mol. The Labute approximate surface area is 128 Å². The van der Waals surface area contributed by atoms with Crippen molar-refractivity contribution in [1.82, 2.24) is 15.6 Å². The van der Waals surface area contributed by atoms with E-state index < -0.39 is 0 Å². The maximum atomic E-state index is 5.75. The Morgan fingerprint density at radius 1 is 1.24 bits per heavy atom. The van der Waals surface area contributed by atoms with E-state index in [2.05, 4.69) is 55.2 Å². The van der Waals surface area contributed by atoms with E-state index in [1.165, 1.54) is 12.8 Å². The zero-order valence-corrected chi connectivity index (χ0v) is 14.1. The van der Waals surface area contributed by atoms with E-state index >= 15 is 0 Å². The van der Waals surface area contributed by atoms with E-state index in [4.69, 9.17) is 4.42 Å². The predicted octanol–water partition coefficient (Wildman–Crippen LogP) is 3.22. The first kappa shape index (κ1) is 17.5. The maximum absolute atomic E-state index is 5.75. The van der Waals surface area contributed by atoms with Gasteiger partial charge in [0.1, 0.15) is 12.3 Å². The van der Waals surface area contributed by atoms with Crippen LogP contribution >= 0.6 is 0 Å². The lowest BCUT2D eigenvalue weighted by Crippen LogP contribution is -2.37. The van der Waals surface area contributed by atoms with Gasteiger partial charge < -0.3 is 15.1 Å². The second-order valence-corrected chi connectivity index (χ2v) is 6.20. The monoisotopic (exact) mass is 294 g/mol. The number of hydrogen-bond donors (Lipinski definition) is 2. The Balaban J connectivity index is 2.54. The van der Waals surface area contributed by atoms with Crippen molar-refractivity contribution in [3.05, 3.63) is 17.8 Å². The van der Waals surface area contributed by atoms with E-state index in [0.717, 1.165) is 31.2 Å². The second kappa shape index (κ2) is 8.70. The summed E-state index contributed by atoms with van der Waals surface area (Å²) in [7, 11) is 0. The minimum absolute atomic E-state index is 0.0160. The van der Waals surface area contributed by atoms with Crippen LogP contribution in [0.3, 0.4) is 0 Å². The van der Waals surface area contributed by atoms with Crippen molar-refractivity contribution in [3.63, 3.8) is 0 Å². The molecule has 1 heterocycles. The minimum atomic E-state index is -0.0160. The van der Waals surface area contributed by atoms with E-state index in [0.29, 0.717) is 12.4 Å². The number of aliphatic imine (C=N–C) groups is 1. The number of oxazole rings is 1. The third-order valence-electron chi connectivity index (χ3n) is 3.08. The van der Waals surface area contributed by atoms with Crippen LogP contribution in [-0.4, -0.2) is 24.0 Å². The largest absolute Gasteiger partial charge is 0.443 e. The van der Waals surface area contributed by atoms with Crippen molar-refractivity contribution in [2.75, 3.05) is 13.1 Å². The maximum Gasteiger partial charge on any atom is 0.216 e. The van der Waals surface area contributed by atoms with Gasteiger partial charge in [-0.15, -0.1) is 0 Å². The molecule has 1 aromatic rings. The summed E-state index contributed by atoms with van der Waals surface area (Å²) in [5.74, 6) is 2.38. The molecule has 0 fully saturated rings. The Bertz CT molecular complexity index is 432. The molecule has 0 bridgehead atoms. The first-order chi connectivity index (χ1) is 9.97. The Kier molecular flexibility index (Phi) is 7.26. The van der Waals surface area contributed by atoms with E-state index in [9.17, 15) is 0 Å². The van der Waals surface area contributed by atoms with Gasteiger partial charge in [-0.25, -0.2) is 9.98 Å². The molecule has 2 N–H and O–H groups in total. The molecule has 1 rings (SSSR count). The first-order valence-corrected chi connectivity index (χ1v) is 7.94. The molecule has 0 spiro atoms. The average Bonchev–Trinajstić information content (AvgIpc) is 2.89. The normalized spacial score (nSPS) is 12.5. The Morgan fingerprint density at radius 3 is 2.57 bits per heavy atom. The van der Waals surface area contributed by atoms with Gasteiger partial charge in [-0.05, 0) is 13.3 Å². The summed E-state index contributed by atoms with van der Waals surface area (Å²) in [6, 6.07) is 0. The third kappa shape index (κ3) is 6.65. The molecule has 5 heteroatoms. The molecule has 120 valence electrons. The van der Waals surface area contributed by atoms with Gasteiger partial charge in [-0.1, -0.05) is 40.5 Å². The van der Waals surface area contributed by atoms with Gasteiger partial charge in [-0.3, -0.25) is 0 Å². The molecule has 0 atom stereocenters. The zero-order chi connectivity index (χ0) is 15.7. The topological polar surface area (TPSA) is 62.5 Å². The van der Waals surface area contributed by atoms with Crippen LogP contribution in [0, 0.1) is 0 Å². The van der Waals surface area contributed by atoms with Crippen LogP contribution in [-0.2, 0) is 12.0 Å². The van der Waals surface area contributed by atoms with Crippen molar-refractivity contribution >= 4 is 5.96 Å². The lowest BCUT2D eigenvalue weighted by molar-refractivity contribution is 0.383. The van der Waals surface area contributed by atoms with Crippen molar-refractivity contribution in [2.45, 2.75) is 65.8 Å². The van der Waals surface area contributed by atoms with Crippen molar-refractivity contribution in [2.24, 2.45) is 4.99 Å². The van der Waals surface area contributed by atoms with Crippen molar-refractivity contribution in [3.8, 4) is 0 Å². The number of guanidine groups is 1. The summed E-state index contributed by atoms with van der Waals surface area (Å²) >= 11 is 0. The summed E-state index contributed by atoms with van der Waals surface area (Å²) in [5, 5.41) is 6.57. The van der Waals surface area contributed by atoms with Gasteiger partial charge in [-0.2, -0.15) is 0 Å². The molecule has 5 nitrogen and oxygen atoms in total. The molecular formula is C16H30N4O. The standard InChI is InChI=1S/C16H30N4O/c1-6-8-9-10-18-15(17-7-2)20-12-14-19-11-13(21-14)16(3,4)5/h11H,6-10,12H2,1-5H3,(H2,17,18,20). The molecule has 21 heavy (non-hydrogen) atoms. The fourth-order valence-corrected chi connectivity index (χ4v) is 1.80. The van der Waals surface area contributed by atoms with Crippen LogP contribution in [0.5, 0.6) is 0 Å². The highest BCUT2D eigenvalue weighted by Crippen LogP contribution is 2.22. The number of hydrogen-bond acceptors (Lipinski definition) is 3. The van der Waals surface area contributed by atoms with Crippen LogP contribution in [0.2, 0.25) is 0 Å². The third-order valence-corrected chi connectivity index (χ3v) is 3.08. The van der Waals surface area contributed by atoms with Gasteiger partial charge >= 0.3 is 0 Å². The van der Waals surface area contributed by atoms with E-state index in [-0.39, 0.29) is 5.41 Å². The number of aromatic nitrogens is 1. The highest BCUT2D eigenvalue weighted by molar-refractivity contribution is 5.79. The highest BCUT2D eigenvalue weighted by Gasteiger charge is 2.18. The molecule has 0 unspecified atom stereocenters. The molecule has 0 amide bonds. The molecule has 0 radical (unpaired) electrons. The van der Waals surface area contributed by atoms with Crippen LogP contribution < -0.4 is 10.6 Å². The van der Waals surface area contributed by atoms with Gasteiger partial charge in [0.15, 0.2) is 5.96 Å². The zero-order valence-electron chi connectivity index (χ0n) is 14.1. The average molecular weight is 294 g/mol. The van der Waals surface area contributed by atoms with Crippen molar-refractivity contribution in [1.29, 1.82) is 0 Å². The molecule has 0 aromatic carbocycles. The SMILES string of the molecule is CCCCCNC(=NCc1ncc(C(C)(C)C)o1)NCC. The van der Waals surface area contributed by atoms with Gasteiger partial charge in [0, 0.05) is 18.5 Å². The van der Waals surface area contributed by atoms with Gasteiger partial charge in [0.25, 0.3) is 0 Å². The van der Waals surface area contributed by atoms with E-state index in [1.54, 1.807) is 6.20 Å². The molecule has 0 saturated heterocycles. The van der Waals surface area contributed by atoms with Gasteiger partial charge in [0.2, 0.25) is 5.89 Å². The summed E-state index contributed by atoms with van der Waals surface area (Å²) in [6.07, 6.45) is 5.42. The minimum Gasteiger partial charge on any atom is -0.443 e. The number of rotatable bonds is 7. The van der Waals surface area contributed by atoms with Crippen LogP contribution in [0.15, 0.2) is 15.6 Å². The lowest BCUT2D eigenvalue weighted by Gasteiger charge is -2.13. The molecule has 1 aromatic heterocycles. The summed E-state index contributed by atoms with van der Waals surface area (Å²) in [4.78, 5) is 8.81. The van der Waals surface area contributed by atoms with Crippen LogP contribution in [0.25, 0.3) is 0 Å². The molecule has 0 aliphatic heterocycles. The molecule has 0 aliphatic rings. The molecule has 0 saturated carbocycles. The number of unbranched alkanes of at least 4 members (excludes halogenated alkanes) is 2.